The molecule has 0 aliphatic heterocycles. The molecule has 0 spiro atoms. The highest BCUT2D eigenvalue weighted by atomic mass is 35.5. The minimum atomic E-state index is 0.000641. The van der Waals surface area contributed by atoms with Crippen LogP contribution in [0.1, 0.15) is 30.1 Å². The summed E-state index contributed by atoms with van der Waals surface area (Å²) in [6.07, 6.45) is 5.02. The van der Waals surface area contributed by atoms with Crippen molar-refractivity contribution in [1.82, 2.24) is 4.98 Å². The van der Waals surface area contributed by atoms with Gasteiger partial charge in [-0.05, 0) is 24.5 Å². The number of benzene rings is 1. The summed E-state index contributed by atoms with van der Waals surface area (Å²) in [7, 11) is 0. The molecule has 1 aromatic heterocycles. The van der Waals surface area contributed by atoms with Gasteiger partial charge in [0.05, 0.1) is 17.2 Å². The molecule has 3 nitrogen and oxygen atoms in total. The van der Waals surface area contributed by atoms with Crippen LogP contribution in [-0.2, 0) is 0 Å². The Labute approximate surface area is 134 Å². The molecular formula is C16H18ClNO2S. The maximum atomic E-state index is 11.8. The first-order chi connectivity index (χ1) is 10.2. The van der Waals surface area contributed by atoms with Crippen LogP contribution in [0.2, 0.25) is 5.02 Å². The first kappa shape index (κ1) is 16.1. The first-order valence-corrected chi connectivity index (χ1v) is 8.68. The van der Waals surface area contributed by atoms with E-state index in [9.17, 15) is 4.79 Å². The summed E-state index contributed by atoms with van der Waals surface area (Å²) in [4.78, 5) is 16.2. The Hall–Kier alpha value is -1.26. The number of aromatic nitrogens is 1. The van der Waals surface area contributed by atoms with Gasteiger partial charge in [-0.1, -0.05) is 30.7 Å². The fourth-order valence-corrected chi connectivity index (χ4v) is 2.76. The summed E-state index contributed by atoms with van der Waals surface area (Å²) in [5.74, 6) is 1.78. The third-order valence-electron chi connectivity index (χ3n) is 3.17. The number of thioether (sulfide) groups is 1. The van der Waals surface area contributed by atoms with Gasteiger partial charge in [0.25, 0.3) is 0 Å². The zero-order valence-electron chi connectivity index (χ0n) is 12.2. The number of ether oxygens (including phenoxy) is 1. The molecule has 0 bridgehead atoms. The maximum Gasteiger partial charge on any atom is 0.165 e. The lowest BCUT2D eigenvalue weighted by molar-refractivity contribution is 0.0988. The summed E-state index contributed by atoms with van der Waals surface area (Å²) in [5.41, 5.74) is 1.19. The van der Waals surface area contributed by atoms with E-state index >= 15 is 0 Å². The molecule has 21 heavy (non-hydrogen) atoms. The SMILES string of the molecule is CCC(=O)c1cnc2c(OCCCSC)cccc2c1Cl. The van der Waals surface area contributed by atoms with Crippen LogP contribution in [0.5, 0.6) is 5.75 Å². The molecule has 0 amide bonds. The van der Waals surface area contributed by atoms with Crippen molar-refractivity contribution in [3.63, 3.8) is 0 Å². The Balaban J connectivity index is 2.33. The average molecular weight is 324 g/mol. The number of hydrogen-bond donors (Lipinski definition) is 0. The van der Waals surface area contributed by atoms with Gasteiger partial charge in [-0.2, -0.15) is 11.8 Å². The molecule has 0 saturated carbocycles. The quantitative estimate of drug-likeness (QED) is 0.551. The molecule has 0 radical (unpaired) electrons. The maximum absolute atomic E-state index is 11.8. The Kier molecular flexibility index (Phi) is 5.88. The van der Waals surface area contributed by atoms with Crippen molar-refractivity contribution >= 4 is 40.0 Å². The third kappa shape index (κ3) is 3.69. The van der Waals surface area contributed by atoms with Gasteiger partial charge in [0.15, 0.2) is 5.78 Å². The van der Waals surface area contributed by atoms with Crippen molar-refractivity contribution < 1.29 is 9.53 Å². The van der Waals surface area contributed by atoms with Gasteiger partial charge >= 0.3 is 0 Å². The second kappa shape index (κ2) is 7.66. The number of pyridine rings is 1. The number of fused-ring (bicyclic) bond motifs is 1. The molecule has 0 aliphatic carbocycles. The molecule has 5 heteroatoms. The Morgan fingerprint density at radius 1 is 1.43 bits per heavy atom. The largest absolute Gasteiger partial charge is 0.491 e. The molecule has 0 atom stereocenters. The van der Waals surface area contributed by atoms with Gasteiger partial charge in [0.2, 0.25) is 0 Å². The Morgan fingerprint density at radius 3 is 2.95 bits per heavy atom. The van der Waals surface area contributed by atoms with Gasteiger partial charge < -0.3 is 4.74 Å². The van der Waals surface area contributed by atoms with Gasteiger partial charge in [0, 0.05) is 18.0 Å². The smallest absolute Gasteiger partial charge is 0.165 e. The number of rotatable bonds is 7. The monoisotopic (exact) mass is 323 g/mol. The van der Waals surface area contributed by atoms with Crippen LogP contribution in [-0.4, -0.2) is 29.4 Å². The van der Waals surface area contributed by atoms with E-state index in [1.807, 2.05) is 25.1 Å². The number of para-hydroxylation sites is 1. The third-order valence-corrected chi connectivity index (χ3v) is 4.27. The molecule has 1 heterocycles. The molecule has 0 aliphatic rings. The molecule has 2 aromatic rings. The molecule has 0 N–H and O–H groups in total. The molecule has 2 rings (SSSR count). The second-order valence-electron chi connectivity index (χ2n) is 4.61. The van der Waals surface area contributed by atoms with Crippen molar-refractivity contribution in [3.8, 4) is 5.75 Å². The summed E-state index contributed by atoms with van der Waals surface area (Å²) >= 11 is 8.15. The van der Waals surface area contributed by atoms with Gasteiger partial charge in [0.1, 0.15) is 11.3 Å². The van der Waals surface area contributed by atoms with Crippen molar-refractivity contribution in [2.75, 3.05) is 18.6 Å². The topological polar surface area (TPSA) is 39.2 Å². The van der Waals surface area contributed by atoms with E-state index in [1.165, 1.54) is 0 Å². The zero-order valence-corrected chi connectivity index (χ0v) is 13.8. The van der Waals surface area contributed by atoms with Crippen molar-refractivity contribution in [2.45, 2.75) is 19.8 Å². The van der Waals surface area contributed by atoms with Crippen LogP contribution in [0.15, 0.2) is 24.4 Å². The second-order valence-corrected chi connectivity index (χ2v) is 5.97. The van der Waals surface area contributed by atoms with Crippen LogP contribution in [0.25, 0.3) is 10.9 Å². The van der Waals surface area contributed by atoms with Gasteiger partial charge in [-0.15, -0.1) is 0 Å². The fourth-order valence-electron chi connectivity index (χ4n) is 2.05. The predicted octanol–water partition coefficient (Wildman–Crippen LogP) is 4.61. The van der Waals surface area contributed by atoms with E-state index in [-0.39, 0.29) is 5.78 Å². The fraction of sp³-hybridized carbons (Fsp3) is 0.375. The van der Waals surface area contributed by atoms with Crippen LogP contribution in [0.3, 0.4) is 0 Å². The number of halogens is 1. The summed E-state index contributed by atoms with van der Waals surface area (Å²) in [6, 6.07) is 5.62. The van der Waals surface area contributed by atoms with Crippen LogP contribution >= 0.6 is 23.4 Å². The normalized spacial score (nSPS) is 10.8. The lowest BCUT2D eigenvalue weighted by Gasteiger charge is -2.10. The molecule has 0 unspecified atom stereocenters. The van der Waals surface area contributed by atoms with E-state index < -0.39 is 0 Å². The van der Waals surface area contributed by atoms with E-state index in [0.717, 1.165) is 17.6 Å². The van der Waals surface area contributed by atoms with E-state index in [2.05, 4.69) is 11.2 Å². The Morgan fingerprint density at radius 2 is 2.24 bits per heavy atom. The molecule has 112 valence electrons. The molecule has 1 aromatic carbocycles. The number of nitrogens with zero attached hydrogens (tertiary/aromatic N) is 1. The number of carbonyl (C=O) groups excluding carboxylic acids is 1. The van der Waals surface area contributed by atoms with Gasteiger partial charge in [-0.3, -0.25) is 9.78 Å². The first-order valence-electron chi connectivity index (χ1n) is 6.91. The number of ketones is 1. The lowest BCUT2D eigenvalue weighted by atomic mass is 10.1. The summed E-state index contributed by atoms with van der Waals surface area (Å²) in [6.45, 7) is 2.46. The number of hydrogen-bond acceptors (Lipinski definition) is 4. The van der Waals surface area contributed by atoms with Crippen LogP contribution < -0.4 is 4.74 Å². The minimum absolute atomic E-state index is 0.000641. The molecule has 0 saturated heterocycles. The zero-order chi connectivity index (χ0) is 15.2. The van der Waals surface area contributed by atoms with Crippen LogP contribution in [0, 0.1) is 0 Å². The van der Waals surface area contributed by atoms with Gasteiger partial charge in [-0.25, -0.2) is 0 Å². The van der Waals surface area contributed by atoms with E-state index in [1.54, 1.807) is 18.0 Å². The average Bonchev–Trinajstić information content (AvgIpc) is 2.51. The molecular weight excluding hydrogens is 306 g/mol. The highest BCUT2D eigenvalue weighted by molar-refractivity contribution is 7.98. The van der Waals surface area contributed by atoms with Crippen LogP contribution in [0.4, 0.5) is 0 Å². The number of carbonyl (C=O) groups is 1. The van der Waals surface area contributed by atoms with Crippen molar-refractivity contribution in [3.05, 3.63) is 35.0 Å². The predicted molar refractivity (Wildman–Crippen MR) is 89.9 cm³/mol. The van der Waals surface area contributed by atoms with Crippen molar-refractivity contribution in [1.29, 1.82) is 0 Å². The number of Topliss-reactive ketones (excluding diaryl/α,β-unsaturated/α-hetero) is 1. The molecule has 0 fully saturated rings. The van der Waals surface area contributed by atoms with Crippen molar-refractivity contribution in [2.24, 2.45) is 0 Å². The minimum Gasteiger partial charge on any atom is -0.491 e. The highest BCUT2D eigenvalue weighted by Gasteiger charge is 2.14. The highest BCUT2D eigenvalue weighted by Crippen LogP contribution is 2.31. The Bertz CT molecular complexity index is 645. The summed E-state index contributed by atoms with van der Waals surface area (Å²) in [5, 5.41) is 1.22. The lowest BCUT2D eigenvalue weighted by Crippen LogP contribution is -2.02. The summed E-state index contributed by atoms with van der Waals surface area (Å²) < 4.78 is 5.78. The van der Waals surface area contributed by atoms with E-state index in [0.29, 0.717) is 34.9 Å². The standard InChI is InChI=1S/C16H18ClNO2S/c1-3-13(19)12-10-18-16-11(15(12)17)6-4-7-14(16)20-8-5-9-21-2/h4,6-7,10H,3,5,8-9H2,1-2H3. The van der Waals surface area contributed by atoms with E-state index in [4.69, 9.17) is 16.3 Å².